The van der Waals surface area contributed by atoms with Gasteiger partial charge >= 0.3 is 0 Å². The number of carbonyl (C=O) groups is 1. The van der Waals surface area contributed by atoms with Crippen molar-refractivity contribution in [1.82, 2.24) is 14.5 Å². The highest BCUT2D eigenvalue weighted by molar-refractivity contribution is 5.81. The number of amides is 1. The molecule has 122 valence electrons. The molecule has 5 heteroatoms. The number of nitrogens with zero attached hydrogens (tertiary/aromatic N) is 3. The standard InChI is InChI=1S/C18H23N3O2/c1-23-9-8-21-16-5-3-2-4-15(16)19-18(21)14-10-17(22)20(12-14)11-13-6-7-13/h2-5,13-14H,6-12H2,1H3/t14-/m1/s1. The second kappa shape index (κ2) is 5.96. The van der Waals surface area contributed by atoms with Gasteiger partial charge in [0.15, 0.2) is 0 Å². The van der Waals surface area contributed by atoms with E-state index >= 15 is 0 Å². The highest BCUT2D eigenvalue weighted by Gasteiger charge is 2.36. The van der Waals surface area contributed by atoms with E-state index in [1.165, 1.54) is 12.8 Å². The minimum atomic E-state index is 0.200. The molecule has 1 aliphatic carbocycles. The van der Waals surface area contributed by atoms with Crippen LogP contribution in [0.3, 0.4) is 0 Å². The number of carbonyl (C=O) groups excluding carboxylic acids is 1. The Morgan fingerprint density at radius 2 is 2.13 bits per heavy atom. The number of hydrogen-bond donors (Lipinski definition) is 0. The van der Waals surface area contributed by atoms with Crippen molar-refractivity contribution in [3.8, 4) is 0 Å². The van der Waals surface area contributed by atoms with Crippen LogP contribution < -0.4 is 0 Å². The summed E-state index contributed by atoms with van der Waals surface area (Å²) in [5.41, 5.74) is 2.14. The predicted octanol–water partition coefficient (Wildman–Crippen LogP) is 2.41. The van der Waals surface area contributed by atoms with Crippen molar-refractivity contribution >= 4 is 16.9 Å². The Labute approximate surface area is 136 Å². The molecule has 1 saturated heterocycles. The third-order valence-corrected chi connectivity index (χ3v) is 4.96. The molecule has 1 aliphatic heterocycles. The van der Waals surface area contributed by atoms with Gasteiger partial charge in [0.25, 0.3) is 0 Å². The molecule has 0 bridgehead atoms. The topological polar surface area (TPSA) is 47.4 Å². The van der Waals surface area contributed by atoms with Crippen LogP contribution in [-0.2, 0) is 16.1 Å². The van der Waals surface area contributed by atoms with Crippen LogP contribution in [0, 0.1) is 5.92 Å². The van der Waals surface area contributed by atoms with E-state index in [9.17, 15) is 4.79 Å². The van der Waals surface area contributed by atoms with Crippen molar-refractivity contribution in [2.24, 2.45) is 5.92 Å². The number of rotatable bonds is 6. The normalized spacial score (nSPS) is 21.5. The Hall–Kier alpha value is -1.88. The lowest BCUT2D eigenvalue weighted by molar-refractivity contribution is -0.127. The zero-order chi connectivity index (χ0) is 15.8. The molecule has 1 aromatic heterocycles. The Balaban J connectivity index is 1.63. The van der Waals surface area contributed by atoms with Gasteiger partial charge < -0.3 is 14.2 Å². The predicted molar refractivity (Wildman–Crippen MR) is 88.3 cm³/mol. The van der Waals surface area contributed by atoms with Gasteiger partial charge in [-0.15, -0.1) is 0 Å². The number of fused-ring (bicyclic) bond motifs is 1. The number of imidazole rings is 1. The highest BCUT2D eigenvalue weighted by atomic mass is 16.5. The quantitative estimate of drug-likeness (QED) is 0.823. The first-order chi connectivity index (χ1) is 11.3. The van der Waals surface area contributed by atoms with Crippen LogP contribution >= 0.6 is 0 Å². The molecule has 0 radical (unpaired) electrons. The van der Waals surface area contributed by atoms with Gasteiger partial charge in [0.05, 0.1) is 17.6 Å². The summed E-state index contributed by atoms with van der Waals surface area (Å²) < 4.78 is 7.49. The lowest BCUT2D eigenvalue weighted by atomic mass is 10.1. The van der Waals surface area contributed by atoms with E-state index < -0.39 is 0 Å². The molecular weight excluding hydrogens is 290 g/mol. The molecule has 2 aromatic rings. The van der Waals surface area contributed by atoms with Crippen molar-refractivity contribution in [3.63, 3.8) is 0 Å². The number of ether oxygens (including phenoxy) is 1. The number of likely N-dealkylation sites (tertiary alicyclic amines) is 1. The maximum Gasteiger partial charge on any atom is 0.223 e. The lowest BCUT2D eigenvalue weighted by Gasteiger charge is -2.16. The van der Waals surface area contributed by atoms with Gasteiger partial charge in [-0.25, -0.2) is 4.98 Å². The van der Waals surface area contributed by atoms with Crippen LogP contribution in [0.25, 0.3) is 11.0 Å². The lowest BCUT2D eigenvalue weighted by Crippen LogP contribution is -2.27. The van der Waals surface area contributed by atoms with Crippen LogP contribution in [0.4, 0.5) is 0 Å². The van der Waals surface area contributed by atoms with Crippen LogP contribution in [0.2, 0.25) is 0 Å². The summed E-state index contributed by atoms with van der Waals surface area (Å²) in [4.78, 5) is 19.2. The van der Waals surface area contributed by atoms with Crippen LogP contribution in [0.15, 0.2) is 24.3 Å². The minimum absolute atomic E-state index is 0.200. The molecule has 2 heterocycles. The third-order valence-electron chi connectivity index (χ3n) is 4.96. The molecule has 1 aromatic carbocycles. The average Bonchev–Trinajstić information content (AvgIpc) is 3.19. The molecule has 1 saturated carbocycles. The van der Waals surface area contributed by atoms with Crippen molar-refractivity contribution in [2.45, 2.75) is 31.7 Å². The van der Waals surface area contributed by atoms with Crippen LogP contribution in [0.5, 0.6) is 0 Å². The second-order valence-electron chi connectivity index (χ2n) is 6.75. The Morgan fingerprint density at radius 3 is 2.91 bits per heavy atom. The van der Waals surface area contributed by atoms with Gasteiger partial charge in [-0.2, -0.15) is 0 Å². The molecule has 2 fully saturated rings. The number of para-hydroxylation sites is 2. The third kappa shape index (κ3) is 2.85. The van der Waals surface area contributed by atoms with E-state index in [4.69, 9.17) is 9.72 Å². The fraction of sp³-hybridized carbons (Fsp3) is 0.556. The van der Waals surface area contributed by atoms with E-state index in [0.717, 1.165) is 42.4 Å². The van der Waals surface area contributed by atoms with Crippen molar-refractivity contribution in [3.05, 3.63) is 30.1 Å². The van der Waals surface area contributed by atoms with Gasteiger partial charge in [0, 0.05) is 39.1 Å². The SMILES string of the molecule is COCCn1c([C@@H]2CC(=O)N(CC3CC3)C2)nc2ccccc21. The fourth-order valence-corrected chi connectivity index (χ4v) is 3.56. The molecule has 0 N–H and O–H groups in total. The Kier molecular flexibility index (Phi) is 3.81. The van der Waals surface area contributed by atoms with Crippen LogP contribution in [-0.4, -0.2) is 47.2 Å². The summed E-state index contributed by atoms with van der Waals surface area (Å²) in [6.07, 6.45) is 3.14. The highest BCUT2D eigenvalue weighted by Crippen LogP contribution is 2.35. The molecule has 0 unspecified atom stereocenters. The molecular formula is C18H23N3O2. The summed E-state index contributed by atoms with van der Waals surface area (Å²) in [5.74, 6) is 2.26. The molecule has 1 atom stereocenters. The summed E-state index contributed by atoms with van der Waals surface area (Å²) >= 11 is 0. The second-order valence-corrected chi connectivity index (χ2v) is 6.75. The first-order valence-corrected chi connectivity index (χ1v) is 8.48. The molecule has 5 nitrogen and oxygen atoms in total. The molecule has 2 aliphatic rings. The smallest absolute Gasteiger partial charge is 0.223 e. The van der Waals surface area contributed by atoms with Gasteiger partial charge in [0.1, 0.15) is 5.82 Å². The zero-order valence-corrected chi connectivity index (χ0v) is 13.6. The Morgan fingerprint density at radius 1 is 1.30 bits per heavy atom. The Bertz CT molecular complexity index is 720. The van der Waals surface area contributed by atoms with E-state index in [-0.39, 0.29) is 11.8 Å². The maximum absolute atomic E-state index is 12.3. The molecule has 0 spiro atoms. The molecule has 4 rings (SSSR count). The average molecular weight is 313 g/mol. The molecule has 1 amide bonds. The van der Waals surface area contributed by atoms with Crippen LogP contribution in [0.1, 0.15) is 31.0 Å². The monoisotopic (exact) mass is 313 g/mol. The zero-order valence-electron chi connectivity index (χ0n) is 13.6. The van der Waals surface area contributed by atoms with Gasteiger partial charge in [-0.05, 0) is 30.9 Å². The first kappa shape index (κ1) is 14.7. The van der Waals surface area contributed by atoms with Crippen molar-refractivity contribution in [1.29, 1.82) is 0 Å². The van der Waals surface area contributed by atoms with E-state index in [2.05, 4.69) is 10.6 Å². The maximum atomic E-state index is 12.3. The summed E-state index contributed by atoms with van der Waals surface area (Å²) in [6, 6.07) is 8.19. The van der Waals surface area contributed by atoms with Crippen molar-refractivity contribution < 1.29 is 9.53 Å². The van der Waals surface area contributed by atoms with E-state index in [1.54, 1.807) is 7.11 Å². The summed E-state index contributed by atoms with van der Waals surface area (Å²) in [6.45, 7) is 3.18. The van der Waals surface area contributed by atoms with E-state index in [1.807, 2.05) is 23.1 Å². The number of hydrogen-bond acceptors (Lipinski definition) is 3. The first-order valence-electron chi connectivity index (χ1n) is 8.48. The van der Waals surface area contributed by atoms with Gasteiger partial charge in [-0.1, -0.05) is 12.1 Å². The number of benzene rings is 1. The van der Waals surface area contributed by atoms with Crippen molar-refractivity contribution in [2.75, 3.05) is 26.8 Å². The summed E-state index contributed by atoms with van der Waals surface area (Å²) in [7, 11) is 1.72. The van der Waals surface area contributed by atoms with E-state index in [0.29, 0.717) is 13.0 Å². The van der Waals surface area contributed by atoms with Gasteiger partial charge in [-0.3, -0.25) is 4.79 Å². The largest absolute Gasteiger partial charge is 0.383 e. The molecule has 23 heavy (non-hydrogen) atoms. The van der Waals surface area contributed by atoms with Gasteiger partial charge in [0.2, 0.25) is 5.91 Å². The summed E-state index contributed by atoms with van der Waals surface area (Å²) in [5, 5.41) is 0. The number of aromatic nitrogens is 2. The minimum Gasteiger partial charge on any atom is -0.383 e. The number of methoxy groups -OCH3 is 1. The fourth-order valence-electron chi connectivity index (χ4n) is 3.56.